The summed E-state index contributed by atoms with van der Waals surface area (Å²) >= 11 is 0. The van der Waals surface area contributed by atoms with Gasteiger partial charge in [0.25, 0.3) is 0 Å². The molecule has 0 radical (unpaired) electrons. The largest absolute Gasteiger partial charge is 0.489 e. The highest BCUT2D eigenvalue weighted by Gasteiger charge is 2.09. The Labute approximate surface area is 119 Å². The Hall–Kier alpha value is -1.98. The fourth-order valence-corrected chi connectivity index (χ4v) is 1.80. The van der Waals surface area contributed by atoms with Crippen LogP contribution in [-0.4, -0.2) is 31.3 Å². The van der Waals surface area contributed by atoms with Gasteiger partial charge in [0.15, 0.2) is 0 Å². The molecule has 0 fully saturated rings. The molecule has 2 rings (SSSR count). The van der Waals surface area contributed by atoms with Gasteiger partial charge in [-0.15, -0.1) is 0 Å². The van der Waals surface area contributed by atoms with Crippen molar-refractivity contribution in [3.8, 4) is 5.75 Å². The molecule has 104 valence electrons. The Kier molecular flexibility index (Phi) is 4.66. The van der Waals surface area contributed by atoms with Gasteiger partial charge in [-0.3, -0.25) is 0 Å². The third-order valence-corrected chi connectivity index (χ3v) is 3.02. The van der Waals surface area contributed by atoms with E-state index in [0.717, 1.165) is 17.0 Å². The van der Waals surface area contributed by atoms with Crippen molar-refractivity contribution in [2.45, 2.75) is 6.61 Å². The smallest absolute Gasteiger partial charge is 0.488 e. The van der Waals surface area contributed by atoms with E-state index < -0.39 is 7.12 Å². The molecule has 0 aliphatic rings. The van der Waals surface area contributed by atoms with Gasteiger partial charge < -0.3 is 19.7 Å². The number of ether oxygens (including phenoxy) is 1. The van der Waals surface area contributed by atoms with Gasteiger partial charge in [-0.05, 0) is 23.2 Å². The predicted octanol–water partition coefficient (Wildman–Crippen LogP) is 1.01. The molecule has 5 heteroatoms. The Balaban J connectivity index is 1.99. The van der Waals surface area contributed by atoms with Crippen molar-refractivity contribution >= 4 is 18.3 Å². The van der Waals surface area contributed by atoms with Crippen molar-refractivity contribution in [2.75, 3.05) is 19.0 Å². The minimum Gasteiger partial charge on any atom is -0.489 e. The molecule has 0 heterocycles. The van der Waals surface area contributed by atoms with Gasteiger partial charge in [0, 0.05) is 25.8 Å². The highest BCUT2D eigenvalue weighted by atomic mass is 16.5. The van der Waals surface area contributed by atoms with Crippen LogP contribution in [0.25, 0.3) is 0 Å². The van der Waals surface area contributed by atoms with E-state index in [4.69, 9.17) is 14.8 Å². The minimum atomic E-state index is -1.43. The molecule has 4 nitrogen and oxygen atoms in total. The van der Waals surface area contributed by atoms with Crippen molar-refractivity contribution in [3.63, 3.8) is 0 Å². The molecular weight excluding hydrogens is 253 g/mol. The maximum atomic E-state index is 9.02. The van der Waals surface area contributed by atoms with E-state index in [-0.39, 0.29) is 0 Å². The van der Waals surface area contributed by atoms with Crippen LogP contribution >= 0.6 is 0 Å². The summed E-state index contributed by atoms with van der Waals surface area (Å²) in [5.41, 5.74) is 2.54. The first-order valence-electron chi connectivity index (χ1n) is 6.41. The summed E-state index contributed by atoms with van der Waals surface area (Å²) in [6.07, 6.45) is 0. The summed E-state index contributed by atoms with van der Waals surface area (Å²) in [7, 11) is 2.54. The lowest BCUT2D eigenvalue weighted by molar-refractivity contribution is 0.306. The fraction of sp³-hybridized carbons (Fsp3) is 0.200. The van der Waals surface area contributed by atoms with Crippen LogP contribution in [0.5, 0.6) is 5.75 Å². The molecule has 0 unspecified atom stereocenters. The molecule has 0 amide bonds. The van der Waals surface area contributed by atoms with Gasteiger partial charge in [0.1, 0.15) is 12.4 Å². The van der Waals surface area contributed by atoms with Crippen LogP contribution in [0.15, 0.2) is 48.5 Å². The lowest BCUT2D eigenvalue weighted by Crippen LogP contribution is -2.29. The summed E-state index contributed by atoms with van der Waals surface area (Å²) in [6.45, 7) is 0.443. The van der Waals surface area contributed by atoms with Gasteiger partial charge in [0.05, 0.1) is 0 Å². The average Bonchev–Trinajstić information content (AvgIpc) is 2.46. The van der Waals surface area contributed by atoms with Crippen LogP contribution in [0.2, 0.25) is 0 Å². The van der Waals surface area contributed by atoms with E-state index in [2.05, 4.69) is 0 Å². The highest BCUT2D eigenvalue weighted by molar-refractivity contribution is 6.58. The summed E-state index contributed by atoms with van der Waals surface area (Å²) in [5.74, 6) is 0.808. The molecule has 2 aromatic carbocycles. The zero-order chi connectivity index (χ0) is 14.5. The summed E-state index contributed by atoms with van der Waals surface area (Å²) < 4.78 is 5.73. The minimum absolute atomic E-state index is 0.443. The average molecular weight is 271 g/mol. The van der Waals surface area contributed by atoms with Crippen LogP contribution in [-0.2, 0) is 6.61 Å². The van der Waals surface area contributed by atoms with Crippen LogP contribution in [0.1, 0.15) is 5.56 Å². The molecule has 0 aliphatic carbocycles. The van der Waals surface area contributed by atoms with E-state index >= 15 is 0 Å². The van der Waals surface area contributed by atoms with Crippen molar-refractivity contribution in [2.24, 2.45) is 0 Å². The van der Waals surface area contributed by atoms with Crippen molar-refractivity contribution in [1.82, 2.24) is 0 Å². The normalized spacial score (nSPS) is 10.2. The van der Waals surface area contributed by atoms with Crippen LogP contribution in [0.4, 0.5) is 5.69 Å². The molecule has 0 aromatic heterocycles. The predicted molar refractivity (Wildman–Crippen MR) is 81.4 cm³/mol. The van der Waals surface area contributed by atoms with E-state index in [0.29, 0.717) is 12.1 Å². The number of hydrogen-bond acceptors (Lipinski definition) is 4. The Morgan fingerprint density at radius 3 is 2.35 bits per heavy atom. The second kappa shape index (κ2) is 6.46. The molecule has 20 heavy (non-hydrogen) atoms. The maximum absolute atomic E-state index is 9.02. The third-order valence-electron chi connectivity index (χ3n) is 3.02. The Morgan fingerprint density at radius 1 is 1.05 bits per heavy atom. The number of benzene rings is 2. The SMILES string of the molecule is CN(C)c1cccc(OCc2ccc(B(O)O)cc2)c1. The molecule has 0 saturated carbocycles. The van der Waals surface area contributed by atoms with Gasteiger partial charge in [0.2, 0.25) is 0 Å². The molecule has 0 aliphatic heterocycles. The van der Waals surface area contributed by atoms with Crippen molar-refractivity contribution in [1.29, 1.82) is 0 Å². The number of anilines is 1. The number of rotatable bonds is 5. The topological polar surface area (TPSA) is 52.9 Å². The van der Waals surface area contributed by atoms with E-state index in [1.165, 1.54) is 0 Å². The summed E-state index contributed by atoms with van der Waals surface area (Å²) in [4.78, 5) is 2.02. The maximum Gasteiger partial charge on any atom is 0.488 e. The molecule has 0 bridgehead atoms. The zero-order valence-electron chi connectivity index (χ0n) is 11.7. The standard InChI is InChI=1S/C15H18BNO3/c1-17(2)14-4-3-5-15(10-14)20-11-12-6-8-13(9-7-12)16(18)19/h3-10,18-19H,11H2,1-2H3. The number of hydrogen-bond donors (Lipinski definition) is 2. The lowest BCUT2D eigenvalue weighted by Gasteiger charge is -2.14. The molecule has 2 N–H and O–H groups in total. The first-order chi connectivity index (χ1) is 9.56. The second-order valence-corrected chi connectivity index (χ2v) is 4.80. The van der Waals surface area contributed by atoms with E-state index in [1.54, 1.807) is 12.1 Å². The van der Waals surface area contributed by atoms with Gasteiger partial charge in [-0.1, -0.05) is 30.3 Å². The zero-order valence-corrected chi connectivity index (χ0v) is 11.7. The van der Waals surface area contributed by atoms with E-state index in [1.807, 2.05) is 55.4 Å². The summed E-state index contributed by atoms with van der Waals surface area (Å²) in [5, 5.41) is 18.0. The summed E-state index contributed by atoms with van der Waals surface area (Å²) in [6, 6.07) is 14.9. The van der Waals surface area contributed by atoms with E-state index in [9.17, 15) is 0 Å². The quantitative estimate of drug-likeness (QED) is 0.797. The fourth-order valence-electron chi connectivity index (χ4n) is 1.80. The van der Waals surface area contributed by atoms with Crippen LogP contribution < -0.4 is 15.1 Å². The second-order valence-electron chi connectivity index (χ2n) is 4.80. The first kappa shape index (κ1) is 14.4. The molecule has 0 saturated heterocycles. The lowest BCUT2D eigenvalue weighted by atomic mass is 9.80. The molecule has 2 aromatic rings. The van der Waals surface area contributed by atoms with Crippen molar-refractivity contribution in [3.05, 3.63) is 54.1 Å². The number of nitrogens with zero attached hydrogens (tertiary/aromatic N) is 1. The Bertz CT molecular complexity index is 555. The molecular formula is C15H18BNO3. The van der Waals surface area contributed by atoms with Gasteiger partial charge >= 0.3 is 7.12 Å². The van der Waals surface area contributed by atoms with Crippen molar-refractivity contribution < 1.29 is 14.8 Å². The monoisotopic (exact) mass is 271 g/mol. The van der Waals surface area contributed by atoms with Gasteiger partial charge in [-0.25, -0.2) is 0 Å². The Morgan fingerprint density at radius 2 is 1.75 bits per heavy atom. The molecule has 0 atom stereocenters. The third kappa shape index (κ3) is 3.76. The van der Waals surface area contributed by atoms with Gasteiger partial charge in [-0.2, -0.15) is 0 Å². The molecule has 0 spiro atoms. The van der Waals surface area contributed by atoms with Crippen LogP contribution in [0, 0.1) is 0 Å². The first-order valence-corrected chi connectivity index (χ1v) is 6.41. The van der Waals surface area contributed by atoms with Crippen LogP contribution in [0.3, 0.4) is 0 Å². The highest BCUT2D eigenvalue weighted by Crippen LogP contribution is 2.20.